The molecule has 1 heterocycles. The molecule has 2 unspecified atom stereocenters. The van der Waals surface area contributed by atoms with Crippen LogP contribution in [0.5, 0.6) is 0 Å². The van der Waals surface area contributed by atoms with Crippen molar-refractivity contribution in [2.75, 3.05) is 6.54 Å². The van der Waals surface area contributed by atoms with E-state index in [-0.39, 0.29) is 23.9 Å². The predicted molar refractivity (Wildman–Crippen MR) is 152 cm³/mol. The third kappa shape index (κ3) is 7.67. The standard InChI is InChI=1S/C31H44N4O2/c1-6-24(4)35(25(5)7-2)31(37)22-34-28-18-13-12-17-27(28)33-29(34)19-9-8-14-20-32-30(36)21-26-16-11-10-15-23(26)3/h10-13,15-18,24-25H,6-9,14,19-22H2,1-5H3,(H,32,36). The van der Waals surface area contributed by atoms with Gasteiger partial charge in [-0.1, -0.05) is 56.7 Å². The summed E-state index contributed by atoms with van der Waals surface area (Å²) in [6, 6.07) is 16.5. The number of imidazole rings is 1. The zero-order valence-electron chi connectivity index (χ0n) is 23.3. The van der Waals surface area contributed by atoms with E-state index in [1.54, 1.807) is 0 Å². The van der Waals surface area contributed by atoms with E-state index in [4.69, 9.17) is 4.98 Å². The summed E-state index contributed by atoms with van der Waals surface area (Å²) in [6.07, 6.45) is 6.00. The Morgan fingerprint density at radius 2 is 1.62 bits per heavy atom. The average Bonchev–Trinajstić information content (AvgIpc) is 3.24. The van der Waals surface area contributed by atoms with Gasteiger partial charge >= 0.3 is 0 Å². The highest BCUT2D eigenvalue weighted by Crippen LogP contribution is 2.20. The fourth-order valence-electron chi connectivity index (χ4n) is 4.89. The van der Waals surface area contributed by atoms with Crippen LogP contribution in [0.4, 0.5) is 0 Å². The van der Waals surface area contributed by atoms with E-state index in [2.05, 4.69) is 48.5 Å². The highest BCUT2D eigenvalue weighted by atomic mass is 16.2. The van der Waals surface area contributed by atoms with Crippen molar-refractivity contribution in [3.8, 4) is 0 Å². The zero-order valence-corrected chi connectivity index (χ0v) is 23.3. The maximum atomic E-state index is 13.5. The van der Waals surface area contributed by atoms with E-state index in [0.29, 0.717) is 19.5 Å². The SMILES string of the molecule is CCC(C)N(C(=O)Cn1c(CCCCCNC(=O)Cc2ccccc2C)nc2ccccc21)C(C)CC. The van der Waals surface area contributed by atoms with E-state index in [9.17, 15) is 9.59 Å². The number of fused-ring (bicyclic) bond motifs is 1. The number of nitrogens with one attached hydrogen (secondary N) is 1. The maximum Gasteiger partial charge on any atom is 0.243 e. The van der Waals surface area contributed by atoms with Crippen LogP contribution < -0.4 is 5.32 Å². The summed E-state index contributed by atoms with van der Waals surface area (Å²) in [4.78, 5) is 32.7. The predicted octanol–water partition coefficient (Wildman–Crippen LogP) is 5.84. The second kappa shape index (κ2) is 14.0. The molecule has 3 rings (SSSR count). The summed E-state index contributed by atoms with van der Waals surface area (Å²) in [7, 11) is 0. The summed E-state index contributed by atoms with van der Waals surface area (Å²) in [6.45, 7) is 11.6. The van der Waals surface area contributed by atoms with E-state index in [1.807, 2.05) is 49.4 Å². The smallest absolute Gasteiger partial charge is 0.243 e. The second-order valence-corrected chi connectivity index (χ2v) is 10.2. The summed E-state index contributed by atoms with van der Waals surface area (Å²) in [5, 5.41) is 3.05. The number of hydrogen-bond donors (Lipinski definition) is 1. The molecule has 6 heteroatoms. The van der Waals surface area contributed by atoms with E-state index >= 15 is 0 Å². The Bertz CT molecular complexity index is 1160. The van der Waals surface area contributed by atoms with Crippen molar-refractivity contribution in [3.05, 3.63) is 65.5 Å². The van der Waals surface area contributed by atoms with Gasteiger partial charge in [0.05, 0.1) is 17.5 Å². The molecule has 2 atom stereocenters. The maximum absolute atomic E-state index is 13.5. The van der Waals surface area contributed by atoms with Gasteiger partial charge in [0, 0.05) is 25.0 Å². The molecule has 0 aliphatic rings. The monoisotopic (exact) mass is 504 g/mol. The zero-order chi connectivity index (χ0) is 26.8. The van der Waals surface area contributed by atoms with E-state index < -0.39 is 0 Å². The largest absolute Gasteiger partial charge is 0.356 e. The fraction of sp³-hybridized carbons (Fsp3) is 0.516. The Labute approximate surface area is 222 Å². The third-order valence-electron chi connectivity index (χ3n) is 7.46. The van der Waals surface area contributed by atoms with Crippen molar-refractivity contribution in [2.45, 2.75) is 98.2 Å². The van der Waals surface area contributed by atoms with Gasteiger partial charge in [0.1, 0.15) is 12.4 Å². The van der Waals surface area contributed by atoms with Gasteiger partial charge in [-0.2, -0.15) is 0 Å². The lowest BCUT2D eigenvalue weighted by atomic mass is 10.1. The lowest BCUT2D eigenvalue weighted by molar-refractivity contribution is -0.136. The van der Waals surface area contributed by atoms with Gasteiger partial charge < -0.3 is 14.8 Å². The number of nitrogens with zero attached hydrogens (tertiary/aromatic N) is 3. The Hall–Kier alpha value is -3.15. The van der Waals surface area contributed by atoms with Crippen LogP contribution in [0.1, 0.15) is 76.8 Å². The van der Waals surface area contributed by atoms with Crippen LogP contribution in [0.3, 0.4) is 0 Å². The minimum absolute atomic E-state index is 0.0711. The van der Waals surface area contributed by atoms with Crippen LogP contribution in [0.2, 0.25) is 0 Å². The number of rotatable bonds is 14. The molecule has 1 N–H and O–H groups in total. The Balaban J connectivity index is 1.56. The van der Waals surface area contributed by atoms with Crippen molar-refractivity contribution in [1.82, 2.24) is 19.8 Å². The molecule has 0 aliphatic heterocycles. The highest BCUT2D eigenvalue weighted by molar-refractivity contribution is 5.81. The first-order chi connectivity index (χ1) is 17.8. The van der Waals surface area contributed by atoms with Gasteiger partial charge in [0.2, 0.25) is 11.8 Å². The lowest BCUT2D eigenvalue weighted by Crippen LogP contribution is -2.45. The van der Waals surface area contributed by atoms with Gasteiger partial charge in [0.25, 0.3) is 0 Å². The topological polar surface area (TPSA) is 67.2 Å². The molecule has 6 nitrogen and oxygen atoms in total. The first kappa shape index (κ1) is 28.4. The summed E-state index contributed by atoms with van der Waals surface area (Å²) in [5.74, 6) is 1.19. The highest BCUT2D eigenvalue weighted by Gasteiger charge is 2.25. The molecule has 0 bridgehead atoms. The van der Waals surface area contributed by atoms with Crippen molar-refractivity contribution < 1.29 is 9.59 Å². The summed E-state index contributed by atoms with van der Waals surface area (Å²) >= 11 is 0. The lowest BCUT2D eigenvalue weighted by Gasteiger charge is -2.34. The first-order valence-corrected chi connectivity index (χ1v) is 13.9. The number of carbonyl (C=O) groups is 2. The molecule has 0 spiro atoms. The molecule has 200 valence electrons. The number of carbonyl (C=O) groups excluding carboxylic acids is 2. The van der Waals surface area contributed by atoms with Crippen LogP contribution in [-0.4, -0.2) is 44.9 Å². The molecular formula is C31H44N4O2. The number of aromatic nitrogens is 2. The van der Waals surface area contributed by atoms with Crippen molar-refractivity contribution >= 4 is 22.8 Å². The normalized spacial score (nSPS) is 12.9. The van der Waals surface area contributed by atoms with Crippen molar-refractivity contribution in [1.29, 1.82) is 0 Å². The quantitative estimate of drug-likeness (QED) is 0.280. The number of para-hydroxylation sites is 2. The van der Waals surface area contributed by atoms with Crippen LogP contribution in [0, 0.1) is 6.92 Å². The number of aryl methyl sites for hydroxylation is 2. The molecule has 2 amide bonds. The molecule has 1 aromatic heterocycles. The molecular weight excluding hydrogens is 460 g/mol. The third-order valence-corrected chi connectivity index (χ3v) is 7.46. The Kier molecular flexibility index (Phi) is 10.7. The molecule has 0 aliphatic carbocycles. The van der Waals surface area contributed by atoms with Gasteiger partial charge in [-0.3, -0.25) is 9.59 Å². The molecule has 2 aromatic carbocycles. The average molecular weight is 505 g/mol. The number of benzene rings is 2. The fourth-order valence-corrected chi connectivity index (χ4v) is 4.89. The van der Waals surface area contributed by atoms with Gasteiger partial charge in [-0.05, 0) is 69.7 Å². The Morgan fingerprint density at radius 1 is 0.946 bits per heavy atom. The minimum Gasteiger partial charge on any atom is -0.356 e. The molecule has 0 saturated heterocycles. The van der Waals surface area contributed by atoms with Crippen LogP contribution in [0.25, 0.3) is 11.0 Å². The van der Waals surface area contributed by atoms with E-state index in [1.165, 1.54) is 0 Å². The van der Waals surface area contributed by atoms with Crippen LogP contribution in [-0.2, 0) is 29.0 Å². The summed E-state index contributed by atoms with van der Waals surface area (Å²) < 4.78 is 2.11. The van der Waals surface area contributed by atoms with Gasteiger partial charge in [-0.25, -0.2) is 4.98 Å². The first-order valence-electron chi connectivity index (χ1n) is 13.9. The number of hydrogen-bond acceptors (Lipinski definition) is 3. The van der Waals surface area contributed by atoms with Gasteiger partial charge in [-0.15, -0.1) is 0 Å². The van der Waals surface area contributed by atoms with Gasteiger partial charge in [0.15, 0.2) is 0 Å². The molecule has 37 heavy (non-hydrogen) atoms. The number of unbranched alkanes of at least 4 members (excludes halogenated alkanes) is 2. The number of amides is 2. The van der Waals surface area contributed by atoms with E-state index in [0.717, 1.165) is 66.5 Å². The van der Waals surface area contributed by atoms with Crippen molar-refractivity contribution in [3.63, 3.8) is 0 Å². The minimum atomic E-state index is 0.0711. The van der Waals surface area contributed by atoms with Crippen molar-refractivity contribution in [2.24, 2.45) is 0 Å². The molecule has 0 saturated carbocycles. The molecule has 0 fully saturated rings. The Morgan fingerprint density at radius 3 is 2.32 bits per heavy atom. The molecule has 0 radical (unpaired) electrons. The van der Waals surface area contributed by atoms with Crippen LogP contribution in [0.15, 0.2) is 48.5 Å². The summed E-state index contributed by atoms with van der Waals surface area (Å²) in [5.41, 5.74) is 4.18. The van der Waals surface area contributed by atoms with Crippen LogP contribution >= 0.6 is 0 Å². The second-order valence-electron chi connectivity index (χ2n) is 10.2. The molecule has 3 aromatic rings.